The highest BCUT2D eigenvalue weighted by atomic mass is 127. The first-order chi connectivity index (χ1) is 9.03. The smallest absolute Gasteiger partial charge is 0.146 e. The molecule has 2 saturated carbocycles. The maximum absolute atomic E-state index is 6.49. The van der Waals surface area contributed by atoms with E-state index in [0.717, 1.165) is 12.2 Å². The van der Waals surface area contributed by atoms with Crippen molar-refractivity contribution in [3.05, 3.63) is 22.8 Å². The topological polar surface area (TPSA) is 9.23 Å². The van der Waals surface area contributed by atoms with Crippen LogP contribution in [0.15, 0.2) is 12.1 Å². The summed E-state index contributed by atoms with van der Waals surface area (Å²) in [6, 6.07) is 4.35. The highest BCUT2D eigenvalue weighted by Gasteiger charge is 2.57. The largest absolute Gasteiger partial charge is 0.488 e. The lowest BCUT2D eigenvalue weighted by molar-refractivity contribution is -0.0365. The highest BCUT2D eigenvalue weighted by molar-refractivity contribution is 14.1. The van der Waals surface area contributed by atoms with Gasteiger partial charge in [0.1, 0.15) is 11.9 Å². The third-order valence-corrected chi connectivity index (χ3v) is 7.28. The molecule has 2 fully saturated rings. The van der Waals surface area contributed by atoms with Gasteiger partial charge in [0.05, 0.1) is 7.14 Å². The maximum atomic E-state index is 6.49. The molecule has 2 aliphatic rings. The third-order valence-electron chi connectivity index (χ3n) is 4.44. The molecule has 0 amide bonds. The van der Waals surface area contributed by atoms with Gasteiger partial charge in [-0.1, -0.05) is 12.8 Å². The van der Waals surface area contributed by atoms with Gasteiger partial charge in [-0.2, -0.15) is 0 Å². The molecule has 0 aliphatic heterocycles. The minimum Gasteiger partial charge on any atom is -0.488 e. The molecule has 3 rings (SSSR count). The molecule has 1 nitrogen and oxygen atoms in total. The number of hydrogen-bond acceptors (Lipinski definition) is 1. The molecular weight excluding hydrogens is 600 g/mol. The molecule has 0 heterocycles. The number of halogens is 4. The molecule has 0 radical (unpaired) electrons. The van der Waals surface area contributed by atoms with Crippen LogP contribution in [-0.4, -0.2) is 11.5 Å². The number of benzene rings is 1. The lowest BCUT2D eigenvalue weighted by Gasteiger charge is -2.51. The summed E-state index contributed by atoms with van der Waals surface area (Å²) in [7, 11) is 0. The second kappa shape index (κ2) is 5.95. The van der Waals surface area contributed by atoms with Gasteiger partial charge in [0, 0.05) is 20.8 Å². The molecule has 0 aromatic heterocycles. The van der Waals surface area contributed by atoms with Crippen molar-refractivity contribution in [3.63, 3.8) is 0 Å². The van der Waals surface area contributed by atoms with Crippen molar-refractivity contribution in [1.29, 1.82) is 0 Å². The Balaban J connectivity index is 1.83. The van der Waals surface area contributed by atoms with Crippen LogP contribution in [0.25, 0.3) is 0 Å². The van der Waals surface area contributed by atoms with Crippen LogP contribution in [0, 0.1) is 16.1 Å². The highest BCUT2D eigenvalue weighted by Crippen LogP contribution is 2.57. The lowest BCUT2D eigenvalue weighted by Crippen LogP contribution is -2.55. The summed E-state index contributed by atoms with van der Waals surface area (Å²) in [6.07, 6.45) is 6.42. The van der Waals surface area contributed by atoms with E-state index in [0.29, 0.717) is 11.5 Å². The van der Waals surface area contributed by atoms with Gasteiger partial charge in [0.15, 0.2) is 0 Å². The number of hydrogen-bond donors (Lipinski definition) is 0. The van der Waals surface area contributed by atoms with Crippen molar-refractivity contribution < 1.29 is 4.74 Å². The third kappa shape index (κ3) is 2.76. The van der Waals surface area contributed by atoms with Crippen LogP contribution in [0.1, 0.15) is 32.1 Å². The summed E-state index contributed by atoms with van der Waals surface area (Å²) in [5.41, 5.74) is 0.261. The molecule has 104 valence electrons. The monoisotopic (exact) mass is 614 g/mol. The summed E-state index contributed by atoms with van der Waals surface area (Å²) >= 11 is 13.6. The Hall–Kier alpha value is 1.50. The van der Waals surface area contributed by atoms with Gasteiger partial charge in [-0.3, -0.25) is 0 Å². The first kappa shape index (κ1) is 15.4. The minimum atomic E-state index is 0.261. The Labute approximate surface area is 160 Å². The molecule has 2 aliphatic carbocycles. The summed E-state index contributed by atoms with van der Waals surface area (Å²) in [5.74, 6) is 1.06. The van der Waals surface area contributed by atoms with Gasteiger partial charge in [-0.05, 0) is 92.7 Å². The SMILES string of the molecule is ClC1CC(Oc2c(I)cc(I)cc2I)C12CCCC2. The van der Waals surface area contributed by atoms with Gasteiger partial charge in [-0.15, -0.1) is 11.6 Å². The summed E-state index contributed by atoms with van der Waals surface area (Å²) in [5, 5.41) is 0.319. The van der Waals surface area contributed by atoms with Gasteiger partial charge in [0.2, 0.25) is 0 Å². The molecule has 1 aromatic carbocycles. The van der Waals surface area contributed by atoms with E-state index in [1.54, 1.807) is 0 Å². The fourth-order valence-electron chi connectivity index (χ4n) is 3.32. The quantitative estimate of drug-likeness (QED) is 0.302. The van der Waals surface area contributed by atoms with Crippen LogP contribution in [0.5, 0.6) is 5.75 Å². The standard InChI is InChI=1S/C14H14ClI3O/c15-11-7-12(14(11)3-1-2-4-14)19-13-9(17)5-8(16)6-10(13)18/h5-6,11-12H,1-4,7H2. The minimum absolute atomic E-state index is 0.261. The number of alkyl halides is 1. The zero-order chi connectivity index (χ0) is 13.6. The van der Waals surface area contributed by atoms with Crippen LogP contribution in [0.4, 0.5) is 0 Å². The molecule has 5 heteroatoms. The second-order valence-corrected chi connectivity index (χ2v) is 9.55. The normalized spacial score (nSPS) is 28.4. The molecular formula is C14H14ClI3O. The number of rotatable bonds is 2. The van der Waals surface area contributed by atoms with E-state index >= 15 is 0 Å². The van der Waals surface area contributed by atoms with Crippen LogP contribution in [0.2, 0.25) is 0 Å². The predicted molar refractivity (Wildman–Crippen MR) is 104 cm³/mol. The van der Waals surface area contributed by atoms with Crippen LogP contribution in [-0.2, 0) is 0 Å². The molecule has 0 saturated heterocycles. The molecule has 0 N–H and O–H groups in total. The molecule has 0 bridgehead atoms. The van der Waals surface area contributed by atoms with Crippen molar-refractivity contribution in [1.82, 2.24) is 0 Å². The van der Waals surface area contributed by atoms with E-state index < -0.39 is 0 Å². The van der Waals surface area contributed by atoms with Gasteiger partial charge in [0.25, 0.3) is 0 Å². The Morgan fingerprint density at radius 2 is 1.68 bits per heavy atom. The van der Waals surface area contributed by atoms with Crippen molar-refractivity contribution in [2.75, 3.05) is 0 Å². The van der Waals surface area contributed by atoms with Crippen LogP contribution in [0.3, 0.4) is 0 Å². The lowest BCUT2D eigenvalue weighted by atomic mass is 9.64. The van der Waals surface area contributed by atoms with E-state index in [2.05, 4.69) is 79.9 Å². The van der Waals surface area contributed by atoms with E-state index in [4.69, 9.17) is 16.3 Å². The Morgan fingerprint density at radius 1 is 1.11 bits per heavy atom. The van der Waals surface area contributed by atoms with E-state index in [1.165, 1.54) is 36.4 Å². The summed E-state index contributed by atoms with van der Waals surface area (Å²) < 4.78 is 10.1. The van der Waals surface area contributed by atoms with E-state index in [9.17, 15) is 0 Å². The second-order valence-electron chi connectivity index (χ2n) is 5.45. The van der Waals surface area contributed by atoms with Crippen molar-refractivity contribution >= 4 is 79.4 Å². The predicted octanol–water partition coefficient (Wildman–Crippen LogP) is 5.82. The van der Waals surface area contributed by atoms with Crippen molar-refractivity contribution in [2.45, 2.75) is 43.6 Å². The Kier molecular flexibility index (Phi) is 4.82. The fraction of sp³-hybridized carbons (Fsp3) is 0.571. The van der Waals surface area contributed by atoms with Crippen LogP contribution < -0.4 is 4.74 Å². The summed E-state index contributed by atoms with van der Waals surface area (Å²) in [6.45, 7) is 0. The van der Waals surface area contributed by atoms with Gasteiger partial charge < -0.3 is 4.74 Å². The molecule has 19 heavy (non-hydrogen) atoms. The average molecular weight is 614 g/mol. The Bertz CT molecular complexity index is 476. The fourth-order valence-corrected chi connectivity index (χ4v) is 7.67. The van der Waals surface area contributed by atoms with Crippen molar-refractivity contribution in [2.24, 2.45) is 5.41 Å². The van der Waals surface area contributed by atoms with Gasteiger partial charge >= 0.3 is 0 Å². The van der Waals surface area contributed by atoms with E-state index in [1.807, 2.05) is 0 Å². The average Bonchev–Trinajstić information content (AvgIpc) is 2.84. The molecule has 1 spiro atoms. The zero-order valence-corrected chi connectivity index (χ0v) is 17.5. The summed E-state index contributed by atoms with van der Waals surface area (Å²) in [4.78, 5) is 0. The zero-order valence-electron chi connectivity index (χ0n) is 10.3. The van der Waals surface area contributed by atoms with E-state index in [-0.39, 0.29) is 5.41 Å². The number of ether oxygens (including phenoxy) is 1. The van der Waals surface area contributed by atoms with Crippen molar-refractivity contribution in [3.8, 4) is 5.75 Å². The van der Waals surface area contributed by atoms with Gasteiger partial charge in [-0.25, -0.2) is 0 Å². The first-order valence-electron chi connectivity index (χ1n) is 6.48. The first-order valence-corrected chi connectivity index (χ1v) is 10.2. The molecule has 1 aromatic rings. The molecule has 2 unspecified atom stereocenters. The maximum Gasteiger partial charge on any atom is 0.146 e. The van der Waals surface area contributed by atoms with Crippen LogP contribution >= 0.6 is 79.4 Å². The Morgan fingerprint density at radius 3 is 2.21 bits per heavy atom. The molecule has 2 atom stereocenters.